The average molecular weight is 347 g/mol. The van der Waals surface area contributed by atoms with E-state index >= 15 is 0 Å². The van der Waals surface area contributed by atoms with Crippen molar-refractivity contribution in [3.05, 3.63) is 23.8 Å². The van der Waals surface area contributed by atoms with Crippen molar-refractivity contribution in [2.45, 2.75) is 31.6 Å². The van der Waals surface area contributed by atoms with Crippen LogP contribution in [0.25, 0.3) is 0 Å². The Bertz CT molecular complexity index is 615. The quantitative estimate of drug-likeness (QED) is 0.786. The number of fused-ring (bicyclic) bond motifs is 1. The minimum atomic E-state index is -4.61. The second kappa shape index (κ2) is 6.49. The number of hydrogen-bond donors (Lipinski definition) is 0. The van der Waals surface area contributed by atoms with E-state index in [0.717, 1.165) is 10.5 Å². The van der Waals surface area contributed by atoms with Crippen LogP contribution in [0.5, 0.6) is 11.5 Å². The van der Waals surface area contributed by atoms with Crippen LogP contribution in [0.2, 0.25) is 0 Å². The zero-order valence-electron chi connectivity index (χ0n) is 12.8. The minimum absolute atomic E-state index is 0.0658. The molecule has 1 amide bonds. The van der Waals surface area contributed by atoms with Crippen molar-refractivity contribution in [3.8, 4) is 11.5 Å². The third-order valence-corrected chi connectivity index (χ3v) is 4.42. The third kappa shape index (κ3) is 3.27. The van der Waals surface area contributed by atoms with Gasteiger partial charge in [0, 0.05) is 13.1 Å². The molecule has 24 heavy (non-hydrogen) atoms. The van der Waals surface area contributed by atoms with Crippen molar-refractivity contribution >= 4 is 5.91 Å². The number of ether oxygens (including phenoxy) is 2. The van der Waals surface area contributed by atoms with Crippen molar-refractivity contribution in [2.24, 2.45) is 5.92 Å². The van der Waals surface area contributed by atoms with E-state index in [9.17, 15) is 22.4 Å². The molecule has 1 aromatic rings. The molecule has 2 aliphatic rings. The number of amides is 1. The largest absolute Gasteiger partial charge is 0.454 e. The van der Waals surface area contributed by atoms with Gasteiger partial charge in [0.2, 0.25) is 6.79 Å². The fraction of sp³-hybridized carbons (Fsp3) is 0.562. The van der Waals surface area contributed by atoms with E-state index in [1.165, 1.54) is 0 Å². The highest BCUT2D eigenvalue weighted by Crippen LogP contribution is 2.34. The van der Waals surface area contributed by atoms with Gasteiger partial charge in [-0.3, -0.25) is 4.79 Å². The maximum atomic E-state index is 13.1. The molecule has 1 aromatic carbocycles. The smallest absolute Gasteiger partial charge is 0.383 e. The Kier molecular flexibility index (Phi) is 4.56. The maximum absolute atomic E-state index is 13.1. The Morgan fingerprint density at radius 3 is 2.54 bits per heavy atom. The van der Waals surface area contributed by atoms with E-state index in [-0.39, 0.29) is 25.8 Å². The summed E-state index contributed by atoms with van der Waals surface area (Å²) in [5.74, 6) is -4.82. The normalized spacial score (nSPS) is 18.3. The Labute approximate surface area is 136 Å². The van der Waals surface area contributed by atoms with Gasteiger partial charge in [-0.15, -0.1) is 0 Å². The molecule has 2 heterocycles. The monoisotopic (exact) mass is 347 g/mol. The lowest BCUT2D eigenvalue weighted by Gasteiger charge is -2.33. The summed E-state index contributed by atoms with van der Waals surface area (Å²) in [5.41, 5.74) is 1.03. The molecule has 0 atom stereocenters. The summed E-state index contributed by atoms with van der Waals surface area (Å²) in [7, 11) is 0. The first-order chi connectivity index (χ1) is 11.4. The standard InChI is InChI=1S/C16H17F4NO3/c17-14(18)16(19,20)15(22)21-5-3-10(4-6-21)7-11-1-2-12-13(8-11)24-9-23-12/h1-2,8,10,14H,3-7,9H2. The molecule has 0 N–H and O–H groups in total. The van der Waals surface area contributed by atoms with Crippen molar-refractivity contribution in [1.29, 1.82) is 0 Å². The van der Waals surface area contributed by atoms with Crippen LogP contribution in [0.4, 0.5) is 17.6 Å². The van der Waals surface area contributed by atoms with E-state index in [1.54, 1.807) is 0 Å². The highest BCUT2D eigenvalue weighted by Gasteiger charge is 2.51. The second-order valence-electron chi connectivity index (χ2n) is 6.05. The number of piperidine rings is 1. The Morgan fingerprint density at radius 1 is 1.21 bits per heavy atom. The van der Waals surface area contributed by atoms with E-state index in [1.807, 2.05) is 18.2 Å². The number of carbonyl (C=O) groups excluding carboxylic acids is 1. The molecule has 8 heteroatoms. The molecule has 4 nitrogen and oxygen atoms in total. The summed E-state index contributed by atoms with van der Waals surface area (Å²) in [6.07, 6.45) is -2.26. The van der Waals surface area contributed by atoms with Gasteiger partial charge in [0.15, 0.2) is 11.5 Å². The van der Waals surface area contributed by atoms with Gasteiger partial charge >= 0.3 is 12.3 Å². The minimum Gasteiger partial charge on any atom is -0.454 e. The highest BCUT2D eigenvalue weighted by atomic mass is 19.3. The van der Waals surface area contributed by atoms with Gasteiger partial charge in [-0.1, -0.05) is 6.07 Å². The number of hydrogen-bond acceptors (Lipinski definition) is 3. The molecule has 0 bridgehead atoms. The van der Waals surface area contributed by atoms with Gasteiger partial charge < -0.3 is 14.4 Å². The maximum Gasteiger partial charge on any atom is 0.383 e. The molecule has 0 unspecified atom stereocenters. The van der Waals surface area contributed by atoms with Crippen LogP contribution >= 0.6 is 0 Å². The second-order valence-corrected chi connectivity index (χ2v) is 6.05. The SMILES string of the molecule is O=C(N1CCC(Cc2ccc3c(c2)OCO3)CC1)C(F)(F)C(F)F. The Balaban J connectivity index is 1.55. The lowest BCUT2D eigenvalue weighted by atomic mass is 9.90. The molecule has 2 aliphatic heterocycles. The molecule has 1 fully saturated rings. The van der Waals surface area contributed by atoms with Gasteiger partial charge in [-0.2, -0.15) is 8.78 Å². The van der Waals surface area contributed by atoms with Gasteiger partial charge in [-0.25, -0.2) is 8.78 Å². The molecular formula is C16H17F4NO3. The fourth-order valence-corrected chi connectivity index (χ4v) is 3.05. The lowest BCUT2D eigenvalue weighted by Crippen LogP contribution is -2.50. The number of halogens is 4. The third-order valence-electron chi connectivity index (χ3n) is 4.42. The van der Waals surface area contributed by atoms with E-state index in [2.05, 4.69) is 0 Å². The van der Waals surface area contributed by atoms with Crippen LogP contribution in [0.15, 0.2) is 18.2 Å². The van der Waals surface area contributed by atoms with E-state index in [0.29, 0.717) is 30.8 Å². The fourth-order valence-electron chi connectivity index (χ4n) is 3.05. The molecular weight excluding hydrogens is 330 g/mol. The highest BCUT2D eigenvalue weighted by molar-refractivity contribution is 5.84. The molecule has 0 aromatic heterocycles. The molecule has 0 spiro atoms. The first kappa shape index (κ1) is 16.9. The molecule has 0 aliphatic carbocycles. The number of nitrogens with zero attached hydrogens (tertiary/aromatic N) is 1. The lowest BCUT2D eigenvalue weighted by molar-refractivity contribution is -0.181. The molecule has 132 valence electrons. The van der Waals surface area contributed by atoms with E-state index < -0.39 is 18.3 Å². The number of benzene rings is 1. The van der Waals surface area contributed by atoms with Gasteiger partial charge in [0.1, 0.15) is 0 Å². The van der Waals surface area contributed by atoms with Crippen molar-refractivity contribution in [3.63, 3.8) is 0 Å². The van der Waals surface area contributed by atoms with Crippen LogP contribution in [0.3, 0.4) is 0 Å². The molecule has 0 radical (unpaired) electrons. The van der Waals surface area contributed by atoms with Crippen LogP contribution in [0, 0.1) is 5.92 Å². The zero-order chi connectivity index (χ0) is 17.3. The topological polar surface area (TPSA) is 38.8 Å². The van der Waals surface area contributed by atoms with Crippen molar-refractivity contribution in [1.82, 2.24) is 4.90 Å². The van der Waals surface area contributed by atoms with Crippen LogP contribution in [0.1, 0.15) is 18.4 Å². The molecule has 1 saturated heterocycles. The van der Waals surface area contributed by atoms with Gasteiger partial charge in [-0.05, 0) is 42.9 Å². The number of alkyl halides is 4. The Morgan fingerprint density at radius 2 is 1.88 bits per heavy atom. The summed E-state index contributed by atoms with van der Waals surface area (Å²) in [4.78, 5) is 12.4. The van der Waals surface area contributed by atoms with Gasteiger partial charge in [0.25, 0.3) is 5.91 Å². The summed E-state index contributed by atoms with van der Waals surface area (Å²) < 4.78 is 61.3. The van der Waals surface area contributed by atoms with Crippen LogP contribution in [-0.4, -0.2) is 43.0 Å². The number of carbonyl (C=O) groups is 1. The first-order valence-corrected chi connectivity index (χ1v) is 7.72. The number of rotatable bonds is 4. The van der Waals surface area contributed by atoms with Gasteiger partial charge in [0.05, 0.1) is 0 Å². The summed E-state index contributed by atoms with van der Waals surface area (Å²) >= 11 is 0. The van der Waals surface area contributed by atoms with Crippen molar-refractivity contribution in [2.75, 3.05) is 19.9 Å². The molecule has 3 rings (SSSR count). The average Bonchev–Trinajstić information content (AvgIpc) is 3.02. The Hall–Kier alpha value is -1.99. The van der Waals surface area contributed by atoms with E-state index in [4.69, 9.17) is 9.47 Å². The molecule has 0 saturated carbocycles. The van der Waals surface area contributed by atoms with Crippen LogP contribution < -0.4 is 9.47 Å². The van der Waals surface area contributed by atoms with Crippen LogP contribution in [-0.2, 0) is 11.2 Å². The summed E-state index contributed by atoms with van der Waals surface area (Å²) in [6.45, 7) is 0.324. The summed E-state index contributed by atoms with van der Waals surface area (Å²) in [6, 6.07) is 5.61. The predicted molar refractivity (Wildman–Crippen MR) is 76.5 cm³/mol. The number of likely N-dealkylation sites (tertiary alicyclic amines) is 1. The first-order valence-electron chi connectivity index (χ1n) is 7.72. The predicted octanol–water partition coefficient (Wildman–Crippen LogP) is 3.10. The summed E-state index contributed by atoms with van der Waals surface area (Å²) in [5, 5.41) is 0. The van der Waals surface area contributed by atoms with Crippen molar-refractivity contribution < 1.29 is 31.8 Å². The zero-order valence-corrected chi connectivity index (χ0v) is 12.8.